The lowest BCUT2D eigenvalue weighted by atomic mass is 10.1. The number of amides is 1. The van der Waals surface area contributed by atoms with E-state index < -0.39 is 0 Å². The average Bonchev–Trinajstić information content (AvgIpc) is 2.48. The predicted octanol–water partition coefficient (Wildman–Crippen LogP) is 1.69. The molecule has 1 aromatic carbocycles. The quantitative estimate of drug-likeness (QED) is 0.821. The third-order valence-corrected chi connectivity index (χ3v) is 2.80. The minimum absolute atomic E-state index is 0.177. The molecule has 0 aliphatic carbocycles. The van der Waals surface area contributed by atoms with E-state index in [4.69, 9.17) is 5.11 Å². The highest BCUT2D eigenvalue weighted by atomic mass is 16.2. The molecule has 0 fully saturated rings. The zero-order chi connectivity index (χ0) is 15.2. The van der Waals surface area contributed by atoms with Gasteiger partial charge in [-0.05, 0) is 37.6 Å². The van der Waals surface area contributed by atoms with Gasteiger partial charge in [0, 0.05) is 17.4 Å². The summed E-state index contributed by atoms with van der Waals surface area (Å²) in [6.07, 6.45) is 3.00. The molecule has 1 aromatic heterocycles. The zero-order valence-electron chi connectivity index (χ0n) is 11.8. The molecule has 0 unspecified atom stereocenters. The first kappa shape index (κ1) is 14.7. The number of nitrogens with one attached hydrogen (secondary N) is 1. The van der Waals surface area contributed by atoms with Crippen molar-refractivity contribution in [2.24, 2.45) is 0 Å². The number of aromatic nitrogens is 2. The Labute approximate surface area is 123 Å². The van der Waals surface area contributed by atoms with Crippen molar-refractivity contribution in [2.75, 3.05) is 11.9 Å². The summed E-state index contributed by atoms with van der Waals surface area (Å²) in [6.45, 7) is 3.51. The summed E-state index contributed by atoms with van der Waals surface area (Å²) in [5.41, 5.74) is 3.39. The van der Waals surface area contributed by atoms with Crippen LogP contribution in [0.25, 0.3) is 0 Å². The summed E-state index contributed by atoms with van der Waals surface area (Å²) in [7, 11) is 0. The molecular formula is C16H15N3O2. The van der Waals surface area contributed by atoms with Crippen LogP contribution in [0.15, 0.2) is 30.6 Å². The summed E-state index contributed by atoms with van der Waals surface area (Å²) in [6, 6.07) is 5.40. The number of rotatable bonds is 2. The van der Waals surface area contributed by atoms with Crippen LogP contribution in [0.1, 0.15) is 27.3 Å². The van der Waals surface area contributed by atoms with Gasteiger partial charge in [-0.15, -0.1) is 0 Å². The smallest absolute Gasteiger partial charge is 0.275 e. The van der Waals surface area contributed by atoms with Crippen LogP contribution in [0.3, 0.4) is 0 Å². The number of aryl methyl sites for hydroxylation is 2. The Hall–Kier alpha value is -2.71. The second-order valence-corrected chi connectivity index (χ2v) is 4.49. The van der Waals surface area contributed by atoms with Crippen LogP contribution in [0, 0.1) is 25.7 Å². The van der Waals surface area contributed by atoms with Crippen LogP contribution in [-0.2, 0) is 0 Å². The summed E-state index contributed by atoms with van der Waals surface area (Å²) in [4.78, 5) is 20.1. The van der Waals surface area contributed by atoms with Crippen molar-refractivity contribution in [3.05, 3.63) is 53.1 Å². The Morgan fingerprint density at radius 1 is 1.29 bits per heavy atom. The molecule has 5 nitrogen and oxygen atoms in total. The fourth-order valence-corrected chi connectivity index (χ4v) is 1.72. The van der Waals surface area contributed by atoms with Crippen molar-refractivity contribution in [1.82, 2.24) is 9.97 Å². The third-order valence-electron chi connectivity index (χ3n) is 2.80. The normalized spacial score (nSPS) is 9.67. The van der Waals surface area contributed by atoms with Crippen molar-refractivity contribution in [1.29, 1.82) is 0 Å². The van der Waals surface area contributed by atoms with E-state index in [0.29, 0.717) is 5.69 Å². The van der Waals surface area contributed by atoms with E-state index in [2.05, 4.69) is 27.1 Å². The molecule has 0 spiro atoms. The van der Waals surface area contributed by atoms with Gasteiger partial charge in [0.25, 0.3) is 5.91 Å². The van der Waals surface area contributed by atoms with E-state index in [1.807, 2.05) is 19.9 Å². The maximum absolute atomic E-state index is 12.1. The van der Waals surface area contributed by atoms with Gasteiger partial charge >= 0.3 is 0 Å². The van der Waals surface area contributed by atoms with Gasteiger partial charge in [-0.3, -0.25) is 9.78 Å². The van der Waals surface area contributed by atoms with E-state index in [-0.39, 0.29) is 18.2 Å². The number of aliphatic hydroxyl groups excluding tert-OH is 1. The maximum Gasteiger partial charge on any atom is 0.275 e. The Balaban J connectivity index is 2.16. The zero-order valence-corrected chi connectivity index (χ0v) is 11.8. The molecule has 0 bridgehead atoms. The molecule has 2 aromatic rings. The number of nitrogens with zero attached hydrogens (tertiary/aromatic N) is 2. The SMILES string of the molecule is Cc1cnc(C(=O)Nc2ccc(C#CCO)cc2C)cn1. The maximum atomic E-state index is 12.1. The van der Waals surface area contributed by atoms with Crippen LogP contribution in [0.2, 0.25) is 0 Å². The van der Waals surface area contributed by atoms with E-state index >= 15 is 0 Å². The van der Waals surface area contributed by atoms with Gasteiger partial charge in [-0.1, -0.05) is 11.8 Å². The molecule has 0 saturated heterocycles. The highest BCUT2D eigenvalue weighted by Crippen LogP contribution is 2.16. The largest absolute Gasteiger partial charge is 0.384 e. The molecule has 0 saturated carbocycles. The number of benzene rings is 1. The summed E-state index contributed by atoms with van der Waals surface area (Å²) < 4.78 is 0. The van der Waals surface area contributed by atoms with Gasteiger partial charge in [0.05, 0.1) is 11.9 Å². The van der Waals surface area contributed by atoms with Gasteiger partial charge in [0.15, 0.2) is 0 Å². The lowest BCUT2D eigenvalue weighted by Gasteiger charge is -2.08. The molecule has 2 rings (SSSR count). The molecule has 1 heterocycles. The van der Waals surface area contributed by atoms with Crippen LogP contribution in [0.5, 0.6) is 0 Å². The van der Waals surface area contributed by atoms with Crippen LogP contribution >= 0.6 is 0 Å². The topological polar surface area (TPSA) is 75.1 Å². The Kier molecular flexibility index (Phi) is 4.64. The van der Waals surface area contributed by atoms with E-state index in [9.17, 15) is 4.79 Å². The minimum atomic E-state index is -0.306. The standard InChI is InChI=1S/C16H15N3O2/c1-11-8-13(4-3-7-20)5-6-14(11)19-16(21)15-10-17-12(2)9-18-15/h5-6,8-10,20H,7H2,1-2H3,(H,19,21). The molecule has 0 radical (unpaired) electrons. The fourth-order valence-electron chi connectivity index (χ4n) is 1.72. The number of hydrogen-bond donors (Lipinski definition) is 2. The number of aliphatic hydroxyl groups is 1. The molecule has 5 heteroatoms. The average molecular weight is 281 g/mol. The summed E-state index contributed by atoms with van der Waals surface area (Å²) >= 11 is 0. The van der Waals surface area contributed by atoms with Gasteiger partial charge < -0.3 is 10.4 Å². The van der Waals surface area contributed by atoms with E-state index in [1.165, 1.54) is 6.20 Å². The first-order chi connectivity index (χ1) is 10.1. The lowest BCUT2D eigenvalue weighted by molar-refractivity contribution is 0.102. The highest BCUT2D eigenvalue weighted by Gasteiger charge is 2.09. The Morgan fingerprint density at radius 2 is 2.10 bits per heavy atom. The van der Waals surface area contributed by atoms with E-state index in [1.54, 1.807) is 18.3 Å². The van der Waals surface area contributed by atoms with Crippen molar-refractivity contribution >= 4 is 11.6 Å². The van der Waals surface area contributed by atoms with Crippen molar-refractivity contribution in [3.63, 3.8) is 0 Å². The fraction of sp³-hybridized carbons (Fsp3) is 0.188. The predicted molar refractivity (Wildman–Crippen MR) is 79.9 cm³/mol. The Bertz CT molecular complexity index is 713. The number of anilines is 1. The van der Waals surface area contributed by atoms with Gasteiger partial charge in [-0.2, -0.15) is 0 Å². The summed E-state index contributed by atoms with van der Waals surface area (Å²) in [5, 5.41) is 11.5. The number of hydrogen-bond acceptors (Lipinski definition) is 4. The molecular weight excluding hydrogens is 266 g/mol. The van der Waals surface area contributed by atoms with E-state index in [0.717, 1.165) is 16.8 Å². The van der Waals surface area contributed by atoms with Gasteiger partial charge in [0.1, 0.15) is 12.3 Å². The monoisotopic (exact) mass is 281 g/mol. The third kappa shape index (κ3) is 3.88. The lowest BCUT2D eigenvalue weighted by Crippen LogP contribution is -2.14. The van der Waals surface area contributed by atoms with Gasteiger partial charge in [0.2, 0.25) is 0 Å². The molecule has 21 heavy (non-hydrogen) atoms. The Morgan fingerprint density at radius 3 is 2.71 bits per heavy atom. The summed E-state index contributed by atoms with van der Waals surface area (Å²) in [5.74, 6) is 5.10. The minimum Gasteiger partial charge on any atom is -0.384 e. The number of carbonyl (C=O) groups excluding carboxylic acids is 1. The van der Waals surface area contributed by atoms with Crippen LogP contribution in [0.4, 0.5) is 5.69 Å². The second kappa shape index (κ2) is 6.64. The van der Waals surface area contributed by atoms with Crippen LogP contribution in [-0.4, -0.2) is 27.6 Å². The molecule has 0 aliphatic heterocycles. The first-order valence-electron chi connectivity index (χ1n) is 6.40. The molecule has 106 valence electrons. The molecule has 2 N–H and O–H groups in total. The van der Waals surface area contributed by atoms with Crippen LogP contribution < -0.4 is 5.32 Å². The molecule has 0 aliphatic rings. The first-order valence-corrected chi connectivity index (χ1v) is 6.40. The highest BCUT2D eigenvalue weighted by molar-refractivity contribution is 6.03. The van der Waals surface area contributed by atoms with Gasteiger partial charge in [-0.25, -0.2) is 4.98 Å². The van der Waals surface area contributed by atoms with Crippen molar-refractivity contribution in [2.45, 2.75) is 13.8 Å². The number of carbonyl (C=O) groups is 1. The van der Waals surface area contributed by atoms with Crippen molar-refractivity contribution in [3.8, 4) is 11.8 Å². The molecule has 0 atom stereocenters. The molecule has 1 amide bonds. The second-order valence-electron chi connectivity index (χ2n) is 4.49. The van der Waals surface area contributed by atoms with Crippen molar-refractivity contribution < 1.29 is 9.90 Å².